The number of carbonyl (C=O) groups is 2. The molecule has 2 aromatic carbocycles. The van der Waals surface area contributed by atoms with Crippen LogP contribution in [0.25, 0.3) is 0 Å². The van der Waals surface area contributed by atoms with Gasteiger partial charge in [-0.2, -0.15) is 0 Å². The highest BCUT2D eigenvalue weighted by atomic mass is 79.9. The zero-order chi connectivity index (χ0) is 20.5. The van der Waals surface area contributed by atoms with E-state index in [2.05, 4.69) is 32.1 Å². The molecule has 0 heterocycles. The third kappa shape index (κ3) is 7.28. The van der Waals surface area contributed by atoms with E-state index in [9.17, 15) is 9.59 Å². The van der Waals surface area contributed by atoms with Gasteiger partial charge >= 0.3 is 0 Å². The second-order valence-corrected chi connectivity index (χ2v) is 7.52. The Balaban J connectivity index is 1.78. The lowest BCUT2D eigenvalue weighted by Crippen LogP contribution is -2.48. The summed E-state index contributed by atoms with van der Waals surface area (Å²) in [6.07, 6.45) is 0.947. The molecule has 2 aromatic rings. The Morgan fingerprint density at radius 2 is 1.82 bits per heavy atom. The number of amides is 2. The van der Waals surface area contributed by atoms with Crippen LogP contribution in [0.3, 0.4) is 0 Å². The zero-order valence-corrected chi connectivity index (χ0v) is 18.0. The lowest BCUT2D eigenvalue weighted by atomic mass is 10.1. The Bertz CT molecular complexity index is 844. The summed E-state index contributed by atoms with van der Waals surface area (Å²) < 4.78 is 6.28. The van der Waals surface area contributed by atoms with E-state index in [4.69, 9.17) is 17.0 Å². The molecule has 0 radical (unpaired) electrons. The smallest absolute Gasteiger partial charge is 0.257 e. The van der Waals surface area contributed by atoms with Crippen LogP contribution in [-0.4, -0.2) is 23.0 Å². The molecule has 0 aliphatic heterocycles. The summed E-state index contributed by atoms with van der Waals surface area (Å²) in [6.45, 7) is 3.84. The van der Waals surface area contributed by atoms with Gasteiger partial charge in [-0.05, 0) is 72.2 Å². The summed E-state index contributed by atoms with van der Waals surface area (Å²) in [5, 5.41) is 2.53. The van der Waals surface area contributed by atoms with Crippen molar-refractivity contribution in [2.45, 2.75) is 32.8 Å². The fourth-order valence-corrected chi connectivity index (χ4v) is 2.91. The van der Waals surface area contributed by atoms with Crippen LogP contribution in [0.4, 0.5) is 0 Å². The number of ether oxygens (including phenoxy) is 1. The Morgan fingerprint density at radius 3 is 2.46 bits per heavy atom. The molecule has 0 aliphatic carbocycles. The molecular formula is C20H22BrN3O3S. The third-order valence-electron chi connectivity index (χ3n) is 3.58. The van der Waals surface area contributed by atoms with E-state index in [0.29, 0.717) is 28.6 Å². The number of aryl methyl sites for hydroxylation is 1. The lowest BCUT2D eigenvalue weighted by Gasteiger charge is -2.13. The van der Waals surface area contributed by atoms with Crippen molar-refractivity contribution in [1.29, 1.82) is 0 Å². The summed E-state index contributed by atoms with van der Waals surface area (Å²) in [5.41, 5.74) is 6.49. The Morgan fingerprint density at radius 1 is 1.11 bits per heavy atom. The predicted octanol–water partition coefficient (Wildman–Crippen LogP) is 3.50. The molecule has 0 atom stereocenters. The molecule has 28 heavy (non-hydrogen) atoms. The molecule has 0 fully saturated rings. The number of carbonyl (C=O) groups excluding carboxylic acids is 2. The van der Waals surface area contributed by atoms with Crippen molar-refractivity contribution in [1.82, 2.24) is 16.2 Å². The van der Waals surface area contributed by atoms with Gasteiger partial charge in [0.1, 0.15) is 5.75 Å². The Labute approximate surface area is 178 Å². The van der Waals surface area contributed by atoms with E-state index in [-0.39, 0.29) is 17.1 Å². The molecule has 2 amide bonds. The molecule has 0 aliphatic rings. The van der Waals surface area contributed by atoms with Gasteiger partial charge in [0.05, 0.1) is 10.6 Å². The van der Waals surface area contributed by atoms with Gasteiger partial charge in [0.25, 0.3) is 5.91 Å². The van der Waals surface area contributed by atoms with Crippen molar-refractivity contribution in [3.05, 3.63) is 64.1 Å². The van der Waals surface area contributed by atoms with Crippen molar-refractivity contribution in [3.63, 3.8) is 0 Å². The van der Waals surface area contributed by atoms with Crippen LogP contribution < -0.4 is 20.9 Å². The van der Waals surface area contributed by atoms with E-state index >= 15 is 0 Å². The quantitative estimate of drug-likeness (QED) is 0.451. The first-order chi connectivity index (χ1) is 13.3. The summed E-state index contributed by atoms with van der Waals surface area (Å²) in [5.74, 6) is 0.0316. The summed E-state index contributed by atoms with van der Waals surface area (Å²) in [7, 11) is 0. The molecule has 8 heteroatoms. The van der Waals surface area contributed by atoms with Gasteiger partial charge < -0.3 is 4.74 Å². The summed E-state index contributed by atoms with van der Waals surface area (Å²) in [4.78, 5) is 24.2. The summed E-state index contributed by atoms with van der Waals surface area (Å²) in [6, 6.07) is 14.7. The number of rotatable bonds is 6. The normalized spacial score (nSPS) is 10.3. The van der Waals surface area contributed by atoms with Gasteiger partial charge in [-0.15, -0.1) is 0 Å². The number of thiocarbonyl (C=S) groups is 1. The molecule has 2 rings (SSSR count). The van der Waals surface area contributed by atoms with Gasteiger partial charge in [0.15, 0.2) is 5.11 Å². The lowest BCUT2D eigenvalue weighted by molar-refractivity contribution is -0.121. The van der Waals surface area contributed by atoms with Crippen LogP contribution in [0.15, 0.2) is 53.0 Å². The van der Waals surface area contributed by atoms with Crippen LogP contribution >= 0.6 is 28.1 Å². The van der Waals surface area contributed by atoms with Gasteiger partial charge in [0, 0.05) is 12.0 Å². The second-order valence-electron chi connectivity index (χ2n) is 6.25. The van der Waals surface area contributed by atoms with Crippen LogP contribution in [0, 0.1) is 0 Å². The maximum Gasteiger partial charge on any atom is 0.257 e. The first-order valence-corrected chi connectivity index (χ1v) is 9.95. The van der Waals surface area contributed by atoms with E-state index in [1.807, 2.05) is 44.2 Å². The van der Waals surface area contributed by atoms with Gasteiger partial charge in [0.2, 0.25) is 5.91 Å². The van der Waals surface area contributed by atoms with Gasteiger partial charge in [-0.3, -0.25) is 25.8 Å². The van der Waals surface area contributed by atoms with Crippen LogP contribution in [0.5, 0.6) is 5.75 Å². The highest BCUT2D eigenvalue weighted by molar-refractivity contribution is 9.10. The molecule has 0 saturated heterocycles. The minimum Gasteiger partial charge on any atom is -0.490 e. The molecule has 0 aromatic heterocycles. The van der Waals surface area contributed by atoms with Gasteiger partial charge in [-0.1, -0.05) is 30.3 Å². The monoisotopic (exact) mass is 463 g/mol. The fourth-order valence-electron chi connectivity index (χ4n) is 2.29. The van der Waals surface area contributed by atoms with Crippen molar-refractivity contribution >= 4 is 45.1 Å². The van der Waals surface area contributed by atoms with E-state index in [1.54, 1.807) is 18.2 Å². The Kier molecular flexibility index (Phi) is 8.41. The second kappa shape index (κ2) is 10.8. The maximum absolute atomic E-state index is 12.3. The molecule has 0 saturated carbocycles. The number of hydrogen-bond acceptors (Lipinski definition) is 4. The van der Waals surface area contributed by atoms with E-state index < -0.39 is 5.91 Å². The summed E-state index contributed by atoms with van der Waals surface area (Å²) >= 11 is 8.43. The molecule has 0 unspecified atom stereocenters. The van der Waals surface area contributed by atoms with Crippen LogP contribution in [0.2, 0.25) is 0 Å². The number of benzene rings is 2. The largest absolute Gasteiger partial charge is 0.490 e. The number of hydrogen-bond donors (Lipinski definition) is 3. The van der Waals surface area contributed by atoms with Crippen molar-refractivity contribution < 1.29 is 14.3 Å². The van der Waals surface area contributed by atoms with E-state index in [1.165, 1.54) is 0 Å². The van der Waals surface area contributed by atoms with Crippen molar-refractivity contribution in [3.8, 4) is 5.75 Å². The SMILES string of the molecule is CC(C)Oc1ccc(C(=O)NC(=S)NNC(=O)CCc2ccccc2)cc1Br. The predicted molar refractivity (Wildman–Crippen MR) is 116 cm³/mol. The zero-order valence-electron chi connectivity index (χ0n) is 15.6. The highest BCUT2D eigenvalue weighted by Gasteiger charge is 2.12. The van der Waals surface area contributed by atoms with Crippen molar-refractivity contribution in [2.24, 2.45) is 0 Å². The fraction of sp³-hybridized carbons (Fsp3) is 0.250. The Hall–Kier alpha value is -2.45. The van der Waals surface area contributed by atoms with Crippen molar-refractivity contribution in [2.75, 3.05) is 0 Å². The number of halogens is 1. The number of hydrazine groups is 1. The maximum atomic E-state index is 12.3. The topological polar surface area (TPSA) is 79.5 Å². The first kappa shape index (κ1) is 21.8. The third-order valence-corrected chi connectivity index (χ3v) is 4.41. The standard InChI is InChI=1S/C20H22BrN3O3S/c1-13(2)27-17-10-9-15(12-16(17)21)19(26)22-20(28)24-23-18(25)11-8-14-6-4-3-5-7-14/h3-7,9-10,12-13H,8,11H2,1-2H3,(H,23,25)(H2,22,24,26,28). The molecule has 148 valence electrons. The van der Waals surface area contributed by atoms with E-state index in [0.717, 1.165) is 5.56 Å². The number of nitrogens with one attached hydrogen (secondary N) is 3. The highest BCUT2D eigenvalue weighted by Crippen LogP contribution is 2.26. The molecular weight excluding hydrogens is 442 g/mol. The molecule has 0 bridgehead atoms. The average molecular weight is 464 g/mol. The van der Waals surface area contributed by atoms with Crippen LogP contribution in [-0.2, 0) is 11.2 Å². The van der Waals surface area contributed by atoms with Gasteiger partial charge in [-0.25, -0.2) is 0 Å². The molecule has 6 nitrogen and oxygen atoms in total. The average Bonchev–Trinajstić information content (AvgIpc) is 2.66. The van der Waals surface area contributed by atoms with Crippen LogP contribution in [0.1, 0.15) is 36.2 Å². The minimum absolute atomic E-state index is 0.0108. The molecule has 3 N–H and O–H groups in total. The minimum atomic E-state index is -0.396. The molecule has 0 spiro atoms. The first-order valence-electron chi connectivity index (χ1n) is 8.75.